The molecule has 5 heteroatoms. The lowest BCUT2D eigenvalue weighted by atomic mass is 10.2. The molecule has 21 heavy (non-hydrogen) atoms. The topological polar surface area (TPSA) is 58.4 Å². The maximum atomic E-state index is 11.9. The summed E-state index contributed by atoms with van der Waals surface area (Å²) in [5.41, 5.74) is 7.11. The molecule has 0 saturated heterocycles. The second-order valence-corrected chi connectivity index (χ2v) is 5.77. The largest absolute Gasteiger partial charge is 0.389 e. The quantitative estimate of drug-likeness (QED) is 0.725. The fourth-order valence-electron chi connectivity index (χ4n) is 1.96. The molecular formula is C16H25N3OS. The fraction of sp³-hybridized carbons (Fsp3) is 0.500. The van der Waals surface area contributed by atoms with Crippen LogP contribution in [0.4, 0.5) is 5.69 Å². The Morgan fingerprint density at radius 3 is 2.52 bits per heavy atom. The molecule has 0 aliphatic heterocycles. The van der Waals surface area contributed by atoms with Crippen molar-refractivity contribution in [3.63, 3.8) is 0 Å². The number of nitrogens with zero attached hydrogens (tertiary/aromatic N) is 1. The number of carbonyl (C=O) groups excluding carboxylic acids is 1. The molecule has 4 nitrogen and oxygen atoms in total. The second kappa shape index (κ2) is 8.74. The van der Waals surface area contributed by atoms with E-state index in [4.69, 9.17) is 18.0 Å². The van der Waals surface area contributed by atoms with Gasteiger partial charge in [-0.05, 0) is 57.6 Å². The minimum Gasteiger partial charge on any atom is -0.389 e. The van der Waals surface area contributed by atoms with E-state index >= 15 is 0 Å². The standard InChI is InChI=1S/C16H25N3OS/c1-4-12(2)19(3)11-5-6-15(20)18-14-9-7-13(8-10-14)16(17)21/h7-10,12H,4-6,11H2,1-3H3,(H2,17,21)(H,18,20). The first-order chi connectivity index (χ1) is 9.93. The number of carbonyl (C=O) groups is 1. The van der Waals surface area contributed by atoms with Gasteiger partial charge in [0.15, 0.2) is 0 Å². The van der Waals surface area contributed by atoms with Gasteiger partial charge in [-0.2, -0.15) is 0 Å². The first-order valence-corrected chi connectivity index (χ1v) is 7.74. The Bertz CT molecular complexity index is 473. The van der Waals surface area contributed by atoms with E-state index in [2.05, 4.69) is 31.1 Å². The van der Waals surface area contributed by atoms with E-state index in [0.29, 0.717) is 17.5 Å². The van der Waals surface area contributed by atoms with Crippen LogP contribution < -0.4 is 11.1 Å². The van der Waals surface area contributed by atoms with Gasteiger partial charge >= 0.3 is 0 Å². The zero-order valence-electron chi connectivity index (χ0n) is 13.1. The Morgan fingerprint density at radius 1 is 1.38 bits per heavy atom. The van der Waals surface area contributed by atoms with Crippen molar-refractivity contribution in [3.8, 4) is 0 Å². The van der Waals surface area contributed by atoms with Gasteiger partial charge in [0, 0.05) is 23.7 Å². The van der Waals surface area contributed by atoms with Crippen molar-refractivity contribution >= 4 is 28.8 Å². The monoisotopic (exact) mass is 307 g/mol. The number of nitrogens with one attached hydrogen (secondary N) is 1. The second-order valence-electron chi connectivity index (χ2n) is 5.33. The zero-order valence-corrected chi connectivity index (χ0v) is 13.9. The van der Waals surface area contributed by atoms with Crippen LogP contribution in [0.3, 0.4) is 0 Å². The Labute approximate surface area is 132 Å². The molecule has 0 radical (unpaired) electrons. The van der Waals surface area contributed by atoms with Crippen LogP contribution in [0, 0.1) is 0 Å². The summed E-state index contributed by atoms with van der Waals surface area (Å²) in [4.78, 5) is 14.5. The lowest BCUT2D eigenvalue weighted by molar-refractivity contribution is -0.116. The summed E-state index contributed by atoms with van der Waals surface area (Å²) in [5.74, 6) is 0.0376. The van der Waals surface area contributed by atoms with Crippen molar-refractivity contribution < 1.29 is 4.79 Å². The van der Waals surface area contributed by atoms with E-state index in [1.54, 1.807) is 0 Å². The van der Waals surface area contributed by atoms with Crippen LogP contribution in [0.15, 0.2) is 24.3 Å². The molecule has 1 unspecified atom stereocenters. The number of thiocarbonyl (C=S) groups is 1. The maximum Gasteiger partial charge on any atom is 0.224 e. The minimum absolute atomic E-state index is 0.0376. The average molecular weight is 307 g/mol. The predicted molar refractivity (Wildman–Crippen MR) is 92.6 cm³/mol. The molecule has 0 aliphatic carbocycles. The molecular weight excluding hydrogens is 282 g/mol. The summed E-state index contributed by atoms with van der Waals surface area (Å²) in [6.07, 6.45) is 2.51. The smallest absolute Gasteiger partial charge is 0.224 e. The average Bonchev–Trinajstić information content (AvgIpc) is 2.46. The summed E-state index contributed by atoms with van der Waals surface area (Å²) in [7, 11) is 2.10. The molecule has 3 N–H and O–H groups in total. The third-order valence-corrected chi connectivity index (χ3v) is 3.95. The number of amides is 1. The van der Waals surface area contributed by atoms with E-state index in [1.807, 2.05) is 24.3 Å². The van der Waals surface area contributed by atoms with Gasteiger partial charge in [0.2, 0.25) is 5.91 Å². The van der Waals surface area contributed by atoms with Gasteiger partial charge in [-0.3, -0.25) is 4.79 Å². The van der Waals surface area contributed by atoms with Gasteiger partial charge in [-0.25, -0.2) is 0 Å². The molecule has 1 atom stereocenters. The molecule has 1 aromatic carbocycles. The highest BCUT2D eigenvalue weighted by Crippen LogP contribution is 2.10. The molecule has 0 spiro atoms. The van der Waals surface area contributed by atoms with Crippen LogP contribution in [0.5, 0.6) is 0 Å². The Balaban J connectivity index is 2.35. The SMILES string of the molecule is CCC(C)N(C)CCCC(=O)Nc1ccc(C(N)=S)cc1. The number of hydrogen-bond acceptors (Lipinski definition) is 3. The lowest BCUT2D eigenvalue weighted by Crippen LogP contribution is -2.29. The predicted octanol–water partition coefficient (Wildman–Crippen LogP) is 2.77. The van der Waals surface area contributed by atoms with Gasteiger partial charge in [0.05, 0.1) is 0 Å². The zero-order chi connectivity index (χ0) is 15.8. The summed E-state index contributed by atoms with van der Waals surface area (Å²) < 4.78 is 0. The number of benzene rings is 1. The lowest BCUT2D eigenvalue weighted by Gasteiger charge is -2.23. The van der Waals surface area contributed by atoms with Crippen LogP contribution in [0.1, 0.15) is 38.7 Å². The third-order valence-electron chi connectivity index (χ3n) is 3.71. The highest BCUT2D eigenvalue weighted by atomic mass is 32.1. The number of nitrogens with two attached hydrogens (primary N) is 1. The molecule has 0 aromatic heterocycles. The van der Waals surface area contributed by atoms with Crippen LogP contribution in [-0.4, -0.2) is 35.4 Å². The molecule has 116 valence electrons. The number of rotatable bonds is 8. The van der Waals surface area contributed by atoms with Crippen LogP contribution >= 0.6 is 12.2 Å². The van der Waals surface area contributed by atoms with Crippen molar-refractivity contribution in [1.82, 2.24) is 4.90 Å². The Kier molecular flexibility index (Phi) is 7.32. The van der Waals surface area contributed by atoms with Gasteiger partial charge in [-0.1, -0.05) is 19.1 Å². The third kappa shape index (κ3) is 6.23. The summed E-state index contributed by atoms with van der Waals surface area (Å²) in [5, 5.41) is 2.88. The minimum atomic E-state index is 0.0376. The van der Waals surface area contributed by atoms with E-state index in [1.165, 1.54) is 0 Å². The first kappa shape index (κ1) is 17.6. The molecule has 1 amide bonds. The van der Waals surface area contributed by atoms with Crippen LogP contribution in [0.25, 0.3) is 0 Å². The first-order valence-electron chi connectivity index (χ1n) is 7.34. The molecule has 0 bridgehead atoms. The van der Waals surface area contributed by atoms with Gasteiger partial charge < -0.3 is 16.0 Å². The number of anilines is 1. The van der Waals surface area contributed by atoms with Gasteiger partial charge in [-0.15, -0.1) is 0 Å². The number of hydrogen-bond donors (Lipinski definition) is 2. The highest BCUT2D eigenvalue weighted by Gasteiger charge is 2.08. The van der Waals surface area contributed by atoms with Gasteiger partial charge in [0.1, 0.15) is 4.99 Å². The normalized spacial score (nSPS) is 12.2. The van der Waals surface area contributed by atoms with Crippen molar-refractivity contribution in [2.24, 2.45) is 5.73 Å². The molecule has 0 fully saturated rings. The van der Waals surface area contributed by atoms with Crippen molar-refractivity contribution in [2.45, 2.75) is 39.2 Å². The van der Waals surface area contributed by atoms with E-state index < -0.39 is 0 Å². The van der Waals surface area contributed by atoms with E-state index in [9.17, 15) is 4.79 Å². The molecule has 1 aromatic rings. The van der Waals surface area contributed by atoms with E-state index in [0.717, 1.165) is 30.6 Å². The van der Waals surface area contributed by atoms with E-state index in [-0.39, 0.29) is 5.91 Å². The van der Waals surface area contributed by atoms with Crippen LogP contribution in [-0.2, 0) is 4.79 Å². The molecule has 1 rings (SSSR count). The Hall–Kier alpha value is -1.46. The maximum absolute atomic E-state index is 11.9. The Morgan fingerprint density at radius 2 is 2.00 bits per heavy atom. The molecule has 0 aliphatic rings. The summed E-state index contributed by atoms with van der Waals surface area (Å²) in [6, 6.07) is 7.82. The van der Waals surface area contributed by atoms with Gasteiger partial charge in [0.25, 0.3) is 0 Å². The fourth-order valence-corrected chi connectivity index (χ4v) is 2.10. The summed E-state index contributed by atoms with van der Waals surface area (Å²) >= 11 is 4.89. The molecule has 0 heterocycles. The van der Waals surface area contributed by atoms with Crippen LogP contribution in [0.2, 0.25) is 0 Å². The van der Waals surface area contributed by atoms with Crippen molar-refractivity contribution in [2.75, 3.05) is 18.9 Å². The summed E-state index contributed by atoms with van der Waals surface area (Å²) in [6.45, 7) is 5.30. The molecule has 0 saturated carbocycles. The van der Waals surface area contributed by atoms with Crippen molar-refractivity contribution in [1.29, 1.82) is 0 Å². The van der Waals surface area contributed by atoms with Crippen molar-refractivity contribution in [3.05, 3.63) is 29.8 Å². The highest BCUT2D eigenvalue weighted by molar-refractivity contribution is 7.80.